The number of hydrogen-bond acceptors (Lipinski definition) is 13. The van der Waals surface area contributed by atoms with Crippen LogP contribution in [0.3, 0.4) is 0 Å². The lowest BCUT2D eigenvalue weighted by molar-refractivity contribution is -0.144. The molecule has 1 saturated heterocycles. The number of rotatable bonds is 23. The van der Waals surface area contributed by atoms with Gasteiger partial charge in [0, 0.05) is 50.2 Å². The highest BCUT2D eigenvalue weighted by molar-refractivity contribution is 7.13. The molecule has 5 aromatic rings. The summed E-state index contributed by atoms with van der Waals surface area (Å²) in [4.78, 5) is 53.9. The van der Waals surface area contributed by atoms with E-state index in [0.29, 0.717) is 39.6 Å². The number of likely N-dealkylation sites (tertiary alicyclic amines) is 1. The van der Waals surface area contributed by atoms with Gasteiger partial charge in [0.15, 0.2) is 0 Å². The topological polar surface area (TPSA) is 174 Å². The van der Waals surface area contributed by atoms with Gasteiger partial charge in [0.05, 0.1) is 79.6 Å². The van der Waals surface area contributed by atoms with Crippen LogP contribution >= 0.6 is 11.3 Å². The van der Waals surface area contributed by atoms with Crippen LogP contribution in [0.4, 0.5) is 5.69 Å². The Morgan fingerprint density at radius 2 is 1.49 bits per heavy atom. The van der Waals surface area contributed by atoms with Crippen LogP contribution in [0.5, 0.6) is 5.75 Å². The number of aryl methyl sites for hydroxylation is 1. The van der Waals surface area contributed by atoms with E-state index >= 15 is 0 Å². The first-order valence-corrected chi connectivity index (χ1v) is 22.8. The summed E-state index contributed by atoms with van der Waals surface area (Å²) in [6.45, 7) is 10.2. The zero-order valence-corrected chi connectivity index (χ0v) is 39.0. The predicted octanol–water partition coefficient (Wildman–Crippen LogP) is 5.65. The molecule has 0 unspecified atom stereocenters. The zero-order chi connectivity index (χ0) is 46.3. The number of nitrogens with one attached hydrogen (secondary N) is 2. The molecular formula is C49H62N6O9S. The molecule has 348 valence electrons. The summed E-state index contributed by atoms with van der Waals surface area (Å²) in [7, 11) is 4.04. The molecule has 16 heteroatoms. The van der Waals surface area contributed by atoms with Crippen LogP contribution in [-0.4, -0.2) is 136 Å². The Labute approximate surface area is 385 Å². The molecule has 0 spiro atoms. The number of anilines is 1. The van der Waals surface area contributed by atoms with Crippen molar-refractivity contribution in [1.29, 1.82) is 0 Å². The molecule has 0 aliphatic carbocycles. The van der Waals surface area contributed by atoms with Gasteiger partial charge in [-0.2, -0.15) is 0 Å². The Bertz CT molecular complexity index is 2320. The lowest BCUT2D eigenvalue weighted by Gasteiger charge is -2.35. The minimum Gasteiger partial charge on any atom is -0.491 e. The predicted molar refractivity (Wildman–Crippen MR) is 252 cm³/mol. The smallest absolute Gasteiger partial charge is 0.246 e. The van der Waals surface area contributed by atoms with Gasteiger partial charge >= 0.3 is 0 Å². The second kappa shape index (κ2) is 23.6. The highest BCUT2D eigenvalue weighted by Gasteiger charge is 2.44. The van der Waals surface area contributed by atoms with E-state index in [2.05, 4.69) is 50.8 Å². The molecule has 3 heterocycles. The number of aromatic nitrogens is 2. The first-order valence-electron chi connectivity index (χ1n) is 21.9. The number of aliphatic hydroxyl groups excluding tert-OH is 1. The molecule has 0 bridgehead atoms. The maximum atomic E-state index is 13.9. The normalized spacial score (nSPS) is 15.5. The number of ether oxygens (including phenoxy) is 5. The SMILES string of the molecule is Cc1ncsc1-c1ccc(CNC(=O)[C@@H]2C[C@@H](O)CN2C(=O)[C@@H](NC(=O)COCCOCCOCCOCCOc2ccc3nc(-c4ccc(N(C)C)cc4)ccc3c2)C(C)(C)C)cc1. The van der Waals surface area contributed by atoms with Crippen molar-refractivity contribution >= 4 is 45.6 Å². The van der Waals surface area contributed by atoms with Crippen LogP contribution in [0.2, 0.25) is 0 Å². The minimum absolute atomic E-state index is 0.0109. The molecule has 1 aliphatic heterocycles. The number of aliphatic hydroxyl groups is 1. The van der Waals surface area contributed by atoms with Crippen LogP contribution in [-0.2, 0) is 39.9 Å². The molecule has 3 N–H and O–H groups in total. The molecule has 15 nitrogen and oxygen atoms in total. The molecule has 6 rings (SSSR count). The van der Waals surface area contributed by atoms with Gasteiger partial charge < -0.3 is 49.2 Å². The van der Waals surface area contributed by atoms with Gasteiger partial charge in [0.1, 0.15) is 31.0 Å². The number of thiazole rings is 1. The van der Waals surface area contributed by atoms with Crippen LogP contribution in [0.25, 0.3) is 32.6 Å². The highest BCUT2D eigenvalue weighted by Crippen LogP contribution is 2.29. The molecule has 1 aliphatic rings. The van der Waals surface area contributed by atoms with Gasteiger partial charge in [0.2, 0.25) is 17.7 Å². The summed E-state index contributed by atoms with van der Waals surface area (Å²) < 4.78 is 28.2. The van der Waals surface area contributed by atoms with Crippen LogP contribution in [0.1, 0.15) is 38.4 Å². The molecule has 65 heavy (non-hydrogen) atoms. The number of pyridine rings is 1. The standard InChI is InChI=1S/C49H62N6O9S/c1-33-45(65-32-51-33)36-9-7-34(8-10-36)29-50-47(58)43-28-39(56)30-55(43)48(59)46(49(2,3)4)53-44(57)31-63-24-23-61-20-19-60-21-22-62-25-26-64-40-16-18-42-37(27-40)13-17-41(52-42)35-11-14-38(15-12-35)54(5)6/h7-18,27,32,39,43,46,56H,19-26,28-31H2,1-6H3,(H,50,58)(H,53,57)/t39-,43+,46-/m1/s1. The molecule has 3 aromatic carbocycles. The average molecular weight is 911 g/mol. The van der Waals surface area contributed by atoms with Crippen molar-refractivity contribution in [3.05, 3.63) is 95.6 Å². The molecule has 2 aromatic heterocycles. The number of hydrogen-bond donors (Lipinski definition) is 3. The van der Waals surface area contributed by atoms with E-state index in [1.54, 1.807) is 11.3 Å². The third kappa shape index (κ3) is 14.2. The first kappa shape index (κ1) is 49.0. The van der Waals surface area contributed by atoms with E-state index in [-0.39, 0.29) is 45.2 Å². The van der Waals surface area contributed by atoms with Crippen molar-refractivity contribution in [3.8, 4) is 27.4 Å². The highest BCUT2D eigenvalue weighted by atomic mass is 32.1. The van der Waals surface area contributed by atoms with E-state index < -0.39 is 35.4 Å². The van der Waals surface area contributed by atoms with Gasteiger partial charge in [-0.25, -0.2) is 9.97 Å². The van der Waals surface area contributed by atoms with Gasteiger partial charge in [0.25, 0.3) is 0 Å². The van der Waals surface area contributed by atoms with E-state index in [1.165, 1.54) is 4.90 Å². The fraction of sp³-hybridized carbons (Fsp3) is 0.449. The molecule has 1 fully saturated rings. The van der Waals surface area contributed by atoms with Crippen molar-refractivity contribution < 1.29 is 43.2 Å². The molecular weight excluding hydrogens is 849 g/mol. The van der Waals surface area contributed by atoms with Gasteiger partial charge in [-0.15, -0.1) is 11.3 Å². The maximum Gasteiger partial charge on any atom is 0.246 e. The number of β-amino-alcohol motifs (C(OH)–C–C–N with tert-alkyl or cyclic N) is 1. The van der Waals surface area contributed by atoms with Gasteiger partial charge in [-0.05, 0) is 59.9 Å². The van der Waals surface area contributed by atoms with Crippen molar-refractivity contribution in [3.63, 3.8) is 0 Å². The fourth-order valence-electron chi connectivity index (χ4n) is 7.31. The number of benzene rings is 3. The van der Waals surface area contributed by atoms with Crippen molar-refractivity contribution in [2.45, 2.75) is 58.8 Å². The number of amides is 3. The van der Waals surface area contributed by atoms with Crippen molar-refractivity contribution in [1.82, 2.24) is 25.5 Å². The Kier molecular flexibility index (Phi) is 17.8. The molecule has 3 amide bonds. The number of fused-ring (bicyclic) bond motifs is 1. The molecule has 3 atom stereocenters. The van der Waals surface area contributed by atoms with Gasteiger partial charge in [-0.3, -0.25) is 14.4 Å². The summed E-state index contributed by atoms with van der Waals surface area (Å²) in [6.07, 6.45) is -0.763. The summed E-state index contributed by atoms with van der Waals surface area (Å²) in [5.74, 6) is -0.532. The Morgan fingerprint density at radius 3 is 2.12 bits per heavy atom. The Hall–Kier alpha value is -5.49. The maximum absolute atomic E-state index is 13.9. The summed E-state index contributed by atoms with van der Waals surface area (Å²) in [5, 5.41) is 17.2. The number of carbonyl (C=O) groups is 3. The van der Waals surface area contributed by atoms with Crippen LogP contribution in [0.15, 0.2) is 84.4 Å². The van der Waals surface area contributed by atoms with E-state index in [4.69, 9.17) is 28.7 Å². The zero-order valence-electron chi connectivity index (χ0n) is 38.2. The number of nitrogens with zero attached hydrogens (tertiary/aromatic N) is 4. The van der Waals surface area contributed by atoms with Crippen LogP contribution in [0, 0.1) is 12.3 Å². The van der Waals surface area contributed by atoms with E-state index in [9.17, 15) is 19.5 Å². The monoisotopic (exact) mass is 910 g/mol. The largest absolute Gasteiger partial charge is 0.491 e. The Balaban J connectivity index is 0.806. The Morgan fingerprint density at radius 1 is 0.846 bits per heavy atom. The summed E-state index contributed by atoms with van der Waals surface area (Å²) in [5.41, 5.74) is 8.07. The second-order valence-electron chi connectivity index (χ2n) is 17.2. The van der Waals surface area contributed by atoms with Crippen molar-refractivity contribution in [2.24, 2.45) is 5.41 Å². The third-order valence-electron chi connectivity index (χ3n) is 10.9. The lowest BCUT2D eigenvalue weighted by atomic mass is 9.85. The van der Waals surface area contributed by atoms with E-state index in [0.717, 1.165) is 55.3 Å². The van der Waals surface area contributed by atoms with Gasteiger partial charge in [-0.1, -0.05) is 63.2 Å². The fourth-order valence-corrected chi connectivity index (χ4v) is 8.12. The average Bonchev–Trinajstić information content (AvgIpc) is 3.91. The second-order valence-corrected chi connectivity index (χ2v) is 18.0. The lowest BCUT2D eigenvalue weighted by Crippen LogP contribution is -2.58. The minimum atomic E-state index is -0.957. The van der Waals surface area contributed by atoms with Crippen molar-refractivity contribution in [2.75, 3.05) is 85.0 Å². The molecule has 0 saturated carbocycles. The quantitative estimate of drug-likeness (QED) is 0.0689. The summed E-state index contributed by atoms with van der Waals surface area (Å²) in [6, 6.07) is 24.3. The summed E-state index contributed by atoms with van der Waals surface area (Å²) >= 11 is 1.57. The molecule has 0 radical (unpaired) electrons. The van der Waals surface area contributed by atoms with E-state index in [1.807, 2.05) is 95.8 Å². The number of carbonyl (C=O) groups excluding carboxylic acids is 3. The first-order chi connectivity index (χ1) is 31.3. The third-order valence-corrected chi connectivity index (χ3v) is 11.9. The van der Waals surface area contributed by atoms with Crippen LogP contribution < -0.4 is 20.3 Å².